The van der Waals surface area contributed by atoms with Gasteiger partial charge in [0, 0.05) is 44.0 Å². The number of aromatic nitrogens is 1. The Balaban J connectivity index is 0.00000261. The Kier molecular flexibility index (Phi) is 9.82. The second-order valence-electron chi connectivity index (χ2n) is 6.24. The number of furan rings is 1. The van der Waals surface area contributed by atoms with Gasteiger partial charge >= 0.3 is 0 Å². The lowest BCUT2D eigenvalue weighted by Crippen LogP contribution is -2.45. The van der Waals surface area contributed by atoms with Gasteiger partial charge in [0.15, 0.2) is 5.96 Å². The number of thioether (sulfide) groups is 1. The van der Waals surface area contributed by atoms with E-state index >= 15 is 0 Å². The highest BCUT2D eigenvalue weighted by Gasteiger charge is 2.24. The summed E-state index contributed by atoms with van der Waals surface area (Å²) in [5.74, 6) is 3.94. The summed E-state index contributed by atoms with van der Waals surface area (Å²) in [6.45, 7) is 3.57. The number of guanidine groups is 1. The number of anilines is 1. The summed E-state index contributed by atoms with van der Waals surface area (Å²) >= 11 is 1.81. The highest BCUT2D eigenvalue weighted by molar-refractivity contribution is 14.0. The van der Waals surface area contributed by atoms with Crippen LogP contribution in [-0.4, -0.2) is 55.2 Å². The van der Waals surface area contributed by atoms with Crippen molar-refractivity contribution in [2.45, 2.75) is 18.9 Å². The summed E-state index contributed by atoms with van der Waals surface area (Å²) < 4.78 is 5.39. The molecule has 0 bridgehead atoms. The highest BCUT2D eigenvalue weighted by Crippen LogP contribution is 2.17. The third-order valence-corrected chi connectivity index (χ3v) is 4.90. The van der Waals surface area contributed by atoms with Crippen molar-refractivity contribution in [3.63, 3.8) is 0 Å². The summed E-state index contributed by atoms with van der Waals surface area (Å²) in [7, 11) is 0. The Morgan fingerprint density at radius 2 is 2.30 bits per heavy atom. The number of pyridine rings is 1. The van der Waals surface area contributed by atoms with Gasteiger partial charge in [0.05, 0.1) is 12.8 Å². The Bertz CT molecular complexity index is 668. The van der Waals surface area contributed by atoms with Crippen LogP contribution in [-0.2, 0) is 6.42 Å². The molecular formula is C19H28IN5OS. The van der Waals surface area contributed by atoms with Gasteiger partial charge in [-0.1, -0.05) is 6.07 Å². The van der Waals surface area contributed by atoms with Gasteiger partial charge in [0.25, 0.3) is 0 Å². The molecule has 8 heteroatoms. The molecule has 0 radical (unpaired) electrons. The van der Waals surface area contributed by atoms with E-state index in [-0.39, 0.29) is 24.0 Å². The molecule has 0 aromatic carbocycles. The molecule has 148 valence electrons. The molecule has 0 spiro atoms. The molecule has 1 fully saturated rings. The molecule has 2 N–H and O–H groups in total. The van der Waals surface area contributed by atoms with Crippen LogP contribution in [0.5, 0.6) is 0 Å². The maximum Gasteiger partial charge on any atom is 0.191 e. The van der Waals surface area contributed by atoms with Gasteiger partial charge in [-0.3, -0.25) is 4.99 Å². The Labute approximate surface area is 182 Å². The average molecular weight is 501 g/mol. The van der Waals surface area contributed by atoms with Crippen LogP contribution in [0.25, 0.3) is 0 Å². The van der Waals surface area contributed by atoms with E-state index in [9.17, 15) is 0 Å². The van der Waals surface area contributed by atoms with Gasteiger partial charge in [-0.15, -0.1) is 24.0 Å². The zero-order valence-corrected chi connectivity index (χ0v) is 18.8. The molecule has 1 aliphatic heterocycles. The molecule has 2 aromatic heterocycles. The Morgan fingerprint density at radius 3 is 3.04 bits per heavy atom. The average Bonchev–Trinajstić information content (AvgIpc) is 3.34. The van der Waals surface area contributed by atoms with Crippen molar-refractivity contribution in [1.29, 1.82) is 0 Å². The van der Waals surface area contributed by atoms with Crippen LogP contribution in [0.1, 0.15) is 12.2 Å². The maximum absolute atomic E-state index is 5.39. The molecule has 2 aromatic rings. The summed E-state index contributed by atoms with van der Waals surface area (Å²) in [4.78, 5) is 11.5. The fraction of sp³-hybridized carbons (Fsp3) is 0.474. The van der Waals surface area contributed by atoms with E-state index in [1.165, 1.54) is 0 Å². The van der Waals surface area contributed by atoms with Crippen molar-refractivity contribution in [2.24, 2.45) is 4.99 Å². The fourth-order valence-electron chi connectivity index (χ4n) is 2.98. The molecule has 0 amide bonds. The first-order valence-electron chi connectivity index (χ1n) is 9.07. The number of nitrogens with zero attached hydrogens (tertiary/aromatic N) is 3. The van der Waals surface area contributed by atoms with Crippen molar-refractivity contribution < 1.29 is 4.42 Å². The van der Waals surface area contributed by atoms with E-state index in [0.29, 0.717) is 6.04 Å². The normalized spacial score (nSPS) is 16.9. The molecule has 1 aliphatic rings. The summed E-state index contributed by atoms with van der Waals surface area (Å²) in [6, 6.07) is 10.4. The number of halogens is 1. The third-order valence-electron chi connectivity index (χ3n) is 4.31. The van der Waals surface area contributed by atoms with Gasteiger partial charge in [-0.25, -0.2) is 4.98 Å². The molecule has 1 unspecified atom stereocenters. The fourth-order valence-corrected chi connectivity index (χ4v) is 3.25. The first-order chi connectivity index (χ1) is 12.8. The molecule has 3 rings (SSSR count). The number of hydrogen-bond acceptors (Lipinski definition) is 5. The quantitative estimate of drug-likeness (QED) is 0.251. The molecular weight excluding hydrogens is 473 g/mol. The number of aliphatic imine (C=N–C) groups is 1. The van der Waals surface area contributed by atoms with Crippen molar-refractivity contribution in [3.05, 3.63) is 48.6 Å². The molecule has 27 heavy (non-hydrogen) atoms. The second kappa shape index (κ2) is 12.1. The summed E-state index contributed by atoms with van der Waals surface area (Å²) in [5.41, 5.74) is 0. The Morgan fingerprint density at radius 1 is 1.37 bits per heavy atom. The SMILES string of the molecule is CSCCN=C(NCCc1ccco1)NC1CCN(c2ccccn2)C1.I. The van der Waals surface area contributed by atoms with Crippen LogP contribution in [0.15, 0.2) is 52.2 Å². The lowest BCUT2D eigenvalue weighted by Gasteiger charge is -2.19. The van der Waals surface area contributed by atoms with Gasteiger partial charge in [-0.05, 0) is 36.9 Å². The minimum Gasteiger partial charge on any atom is -0.469 e. The second-order valence-corrected chi connectivity index (χ2v) is 7.23. The van der Waals surface area contributed by atoms with Crippen molar-refractivity contribution in [3.8, 4) is 0 Å². The minimum absolute atomic E-state index is 0. The third kappa shape index (κ3) is 7.25. The first-order valence-corrected chi connectivity index (χ1v) is 10.5. The van der Waals surface area contributed by atoms with Crippen LogP contribution in [0.3, 0.4) is 0 Å². The van der Waals surface area contributed by atoms with Crippen LogP contribution in [0.2, 0.25) is 0 Å². The Hall–Kier alpha value is -1.42. The van der Waals surface area contributed by atoms with Crippen molar-refractivity contribution in [2.75, 3.05) is 43.1 Å². The summed E-state index contributed by atoms with van der Waals surface area (Å²) in [6.07, 6.45) is 7.60. The maximum atomic E-state index is 5.39. The summed E-state index contributed by atoms with van der Waals surface area (Å²) in [5, 5.41) is 7.02. The molecule has 1 atom stereocenters. The molecule has 0 saturated carbocycles. The van der Waals surface area contributed by atoms with E-state index in [1.807, 2.05) is 42.2 Å². The monoisotopic (exact) mass is 501 g/mol. The largest absolute Gasteiger partial charge is 0.469 e. The van der Waals surface area contributed by atoms with Crippen LogP contribution in [0.4, 0.5) is 5.82 Å². The zero-order chi connectivity index (χ0) is 18.0. The lowest BCUT2D eigenvalue weighted by molar-refractivity contribution is 0.506. The van der Waals surface area contributed by atoms with Gasteiger partial charge in [0.1, 0.15) is 11.6 Å². The smallest absolute Gasteiger partial charge is 0.191 e. The molecule has 1 saturated heterocycles. The molecule has 6 nitrogen and oxygen atoms in total. The lowest BCUT2D eigenvalue weighted by atomic mass is 10.3. The minimum atomic E-state index is 0. The van der Waals surface area contributed by atoms with Crippen molar-refractivity contribution in [1.82, 2.24) is 15.6 Å². The number of rotatable bonds is 8. The van der Waals surface area contributed by atoms with Crippen LogP contribution >= 0.6 is 35.7 Å². The van der Waals surface area contributed by atoms with E-state index in [2.05, 4.69) is 32.8 Å². The van der Waals surface area contributed by atoms with E-state index in [4.69, 9.17) is 9.41 Å². The van der Waals surface area contributed by atoms with E-state index in [1.54, 1.807) is 6.26 Å². The molecule has 3 heterocycles. The molecule has 0 aliphatic carbocycles. The topological polar surface area (TPSA) is 65.7 Å². The highest BCUT2D eigenvalue weighted by atomic mass is 127. The first kappa shape index (κ1) is 21.9. The number of nitrogens with one attached hydrogen (secondary N) is 2. The number of hydrogen-bond donors (Lipinski definition) is 2. The predicted molar refractivity (Wildman–Crippen MR) is 125 cm³/mol. The van der Waals surface area contributed by atoms with Gasteiger partial charge in [0.2, 0.25) is 0 Å². The van der Waals surface area contributed by atoms with Crippen molar-refractivity contribution >= 4 is 47.5 Å². The van der Waals surface area contributed by atoms with Gasteiger partial charge in [-0.2, -0.15) is 11.8 Å². The van der Waals surface area contributed by atoms with Crippen LogP contribution < -0.4 is 15.5 Å². The standard InChI is InChI=1S/C19H27N5OS.HI/c1-26-14-11-22-19(21-10-7-17-5-4-13-25-17)23-16-8-12-24(15-16)18-6-2-3-9-20-18;/h2-6,9,13,16H,7-8,10-12,14-15H2,1H3,(H2,21,22,23);1H. The van der Waals surface area contributed by atoms with E-state index < -0.39 is 0 Å². The predicted octanol–water partition coefficient (Wildman–Crippen LogP) is 3.01. The van der Waals surface area contributed by atoms with Gasteiger partial charge < -0.3 is 20.0 Å². The van der Waals surface area contributed by atoms with Crippen LogP contribution in [0, 0.1) is 0 Å². The van der Waals surface area contributed by atoms with E-state index in [0.717, 1.165) is 62.3 Å². The zero-order valence-electron chi connectivity index (χ0n) is 15.6.